The van der Waals surface area contributed by atoms with Gasteiger partial charge in [-0.1, -0.05) is 77.1 Å². The van der Waals surface area contributed by atoms with E-state index in [0.717, 1.165) is 16.3 Å². The van der Waals surface area contributed by atoms with Crippen molar-refractivity contribution in [3.63, 3.8) is 0 Å². The minimum atomic E-state index is -0.762. The van der Waals surface area contributed by atoms with E-state index in [1.54, 1.807) is 28.0 Å². The zero-order valence-electron chi connectivity index (χ0n) is 24.5. The Bertz CT molecular complexity index is 1490. The Balaban J connectivity index is 1.32. The van der Waals surface area contributed by atoms with Gasteiger partial charge in [0.1, 0.15) is 12.1 Å². The molecule has 7 nitrogen and oxygen atoms in total. The van der Waals surface area contributed by atoms with Crippen LogP contribution in [-0.2, 0) is 15.0 Å². The lowest BCUT2D eigenvalue weighted by Gasteiger charge is -2.29. The predicted molar refractivity (Wildman–Crippen MR) is 160 cm³/mol. The SMILES string of the molecule is CC(C)CC(NC(=O)c1ccc(C(C)(C)C)cc1)C(=O)N1CCC2C1C(=O)CN2C(=O)c1ccc2ccccc2c1. The summed E-state index contributed by atoms with van der Waals surface area (Å²) >= 11 is 0. The maximum Gasteiger partial charge on any atom is 0.254 e. The molecule has 0 aliphatic carbocycles. The molecule has 2 fully saturated rings. The number of carbonyl (C=O) groups excluding carboxylic acids is 4. The van der Waals surface area contributed by atoms with Gasteiger partial charge in [0.15, 0.2) is 5.78 Å². The van der Waals surface area contributed by atoms with Gasteiger partial charge in [-0.05, 0) is 64.8 Å². The Labute approximate surface area is 241 Å². The first-order valence-electron chi connectivity index (χ1n) is 14.5. The van der Waals surface area contributed by atoms with E-state index >= 15 is 0 Å². The van der Waals surface area contributed by atoms with E-state index in [0.29, 0.717) is 30.5 Å². The number of fused-ring (bicyclic) bond motifs is 2. The molecule has 0 aromatic heterocycles. The van der Waals surface area contributed by atoms with Crippen LogP contribution in [0.3, 0.4) is 0 Å². The Morgan fingerprint density at radius 2 is 1.56 bits per heavy atom. The van der Waals surface area contributed by atoms with Gasteiger partial charge in [-0.3, -0.25) is 19.2 Å². The number of likely N-dealkylation sites (tertiary alicyclic amines) is 2. The van der Waals surface area contributed by atoms with E-state index < -0.39 is 12.1 Å². The van der Waals surface area contributed by atoms with Crippen molar-refractivity contribution < 1.29 is 19.2 Å². The summed E-state index contributed by atoms with van der Waals surface area (Å²) in [5.41, 5.74) is 2.11. The summed E-state index contributed by atoms with van der Waals surface area (Å²) in [4.78, 5) is 57.1. The fourth-order valence-electron chi connectivity index (χ4n) is 6.08. The molecule has 41 heavy (non-hydrogen) atoms. The number of carbonyl (C=O) groups is 4. The number of amides is 3. The lowest BCUT2D eigenvalue weighted by molar-refractivity contribution is -0.138. The van der Waals surface area contributed by atoms with Gasteiger partial charge in [0, 0.05) is 17.7 Å². The van der Waals surface area contributed by atoms with Crippen molar-refractivity contribution in [1.82, 2.24) is 15.1 Å². The third-order valence-electron chi connectivity index (χ3n) is 8.29. The van der Waals surface area contributed by atoms with Crippen molar-refractivity contribution in [2.45, 2.75) is 71.0 Å². The van der Waals surface area contributed by atoms with Gasteiger partial charge in [-0.25, -0.2) is 0 Å². The third kappa shape index (κ3) is 5.76. The second-order valence-electron chi connectivity index (χ2n) is 12.8. The van der Waals surface area contributed by atoms with Gasteiger partial charge in [0.05, 0.1) is 12.6 Å². The van der Waals surface area contributed by atoms with Crippen molar-refractivity contribution in [1.29, 1.82) is 0 Å². The standard InChI is InChI=1S/C34H39N3O4/c1-21(2)18-27(35-31(39)23-12-14-26(15-13-23)34(3,4)5)33(41)36-17-16-28-30(36)29(38)20-37(28)32(40)25-11-10-22-8-6-7-9-24(22)19-25/h6-15,19,21,27-28,30H,16-18,20H2,1-5H3,(H,35,39). The summed E-state index contributed by atoms with van der Waals surface area (Å²) in [5, 5.41) is 4.95. The molecule has 0 radical (unpaired) electrons. The quantitative estimate of drug-likeness (QED) is 0.467. The van der Waals surface area contributed by atoms with Gasteiger partial charge in [0.25, 0.3) is 11.8 Å². The Hall–Kier alpha value is -4.00. The molecule has 2 aliphatic heterocycles. The highest BCUT2D eigenvalue weighted by atomic mass is 16.2. The number of hydrogen-bond acceptors (Lipinski definition) is 4. The van der Waals surface area contributed by atoms with Crippen molar-refractivity contribution in [3.05, 3.63) is 83.4 Å². The highest BCUT2D eigenvalue weighted by molar-refractivity contribution is 6.05. The number of nitrogens with zero attached hydrogens (tertiary/aromatic N) is 2. The van der Waals surface area contributed by atoms with E-state index in [2.05, 4.69) is 26.1 Å². The largest absolute Gasteiger partial charge is 0.340 e. The lowest BCUT2D eigenvalue weighted by Crippen LogP contribution is -2.53. The summed E-state index contributed by atoms with van der Waals surface area (Å²) in [5.74, 6) is -0.763. The summed E-state index contributed by atoms with van der Waals surface area (Å²) in [6, 6.07) is 19.0. The van der Waals surface area contributed by atoms with Crippen LogP contribution in [0.1, 0.15) is 73.7 Å². The number of hydrogen-bond donors (Lipinski definition) is 1. The van der Waals surface area contributed by atoms with Crippen LogP contribution < -0.4 is 5.32 Å². The van der Waals surface area contributed by atoms with Gasteiger partial charge in [-0.15, -0.1) is 0 Å². The third-order valence-corrected chi connectivity index (χ3v) is 8.29. The fraction of sp³-hybridized carbons (Fsp3) is 0.412. The van der Waals surface area contributed by atoms with Crippen LogP contribution >= 0.6 is 0 Å². The first-order chi connectivity index (χ1) is 19.4. The Morgan fingerprint density at radius 3 is 2.22 bits per heavy atom. The van der Waals surface area contributed by atoms with Gasteiger partial charge in [0.2, 0.25) is 5.91 Å². The average molecular weight is 554 g/mol. The first-order valence-corrected chi connectivity index (χ1v) is 14.5. The predicted octanol–water partition coefficient (Wildman–Crippen LogP) is 4.98. The number of benzene rings is 3. The molecule has 3 aromatic carbocycles. The van der Waals surface area contributed by atoms with E-state index in [9.17, 15) is 19.2 Å². The molecule has 3 unspecified atom stereocenters. The van der Waals surface area contributed by atoms with Crippen LogP contribution in [0.5, 0.6) is 0 Å². The molecule has 3 atom stereocenters. The molecule has 0 saturated carbocycles. The second-order valence-corrected chi connectivity index (χ2v) is 12.8. The number of nitrogens with one attached hydrogen (secondary N) is 1. The van der Waals surface area contributed by atoms with Gasteiger partial charge < -0.3 is 15.1 Å². The molecule has 7 heteroatoms. The Morgan fingerprint density at radius 1 is 0.902 bits per heavy atom. The van der Waals surface area contributed by atoms with Crippen LogP contribution in [0.4, 0.5) is 0 Å². The van der Waals surface area contributed by atoms with Crippen LogP contribution in [0.25, 0.3) is 10.8 Å². The maximum absolute atomic E-state index is 13.9. The van der Waals surface area contributed by atoms with Crippen LogP contribution in [0, 0.1) is 5.92 Å². The minimum absolute atomic E-state index is 0.0217. The molecule has 1 N–H and O–H groups in total. The number of ketones is 1. The van der Waals surface area contributed by atoms with E-state index in [1.807, 2.05) is 62.4 Å². The monoisotopic (exact) mass is 553 g/mol. The zero-order valence-corrected chi connectivity index (χ0v) is 24.5. The molecule has 3 aromatic rings. The Kier molecular flexibility index (Phi) is 7.73. The molecule has 214 valence electrons. The molecular formula is C34H39N3O4. The van der Waals surface area contributed by atoms with Crippen molar-refractivity contribution >= 4 is 34.3 Å². The number of rotatable bonds is 6. The van der Waals surface area contributed by atoms with E-state index in [-0.39, 0.29) is 47.4 Å². The zero-order chi connectivity index (χ0) is 29.5. The van der Waals surface area contributed by atoms with Crippen molar-refractivity contribution in [3.8, 4) is 0 Å². The van der Waals surface area contributed by atoms with Crippen LogP contribution in [-0.4, -0.2) is 64.5 Å². The summed E-state index contributed by atoms with van der Waals surface area (Å²) < 4.78 is 0. The molecule has 2 heterocycles. The van der Waals surface area contributed by atoms with Crippen molar-refractivity contribution in [2.75, 3.05) is 13.1 Å². The summed E-state index contributed by atoms with van der Waals surface area (Å²) in [7, 11) is 0. The van der Waals surface area contributed by atoms with Crippen LogP contribution in [0.2, 0.25) is 0 Å². The van der Waals surface area contributed by atoms with Crippen molar-refractivity contribution in [2.24, 2.45) is 5.92 Å². The smallest absolute Gasteiger partial charge is 0.254 e. The molecule has 0 spiro atoms. The molecule has 2 saturated heterocycles. The summed E-state index contributed by atoms with van der Waals surface area (Å²) in [6.45, 7) is 10.7. The van der Waals surface area contributed by atoms with Gasteiger partial charge in [-0.2, -0.15) is 0 Å². The number of Topliss-reactive ketones (excluding diaryl/α,β-unsaturated/α-hetero) is 1. The highest BCUT2D eigenvalue weighted by Crippen LogP contribution is 2.32. The molecule has 5 rings (SSSR count). The molecular weight excluding hydrogens is 514 g/mol. The normalized spacial score (nSPS) is 19.5. The fourth-order valence-corrected chi connectivity index (χ4v) is 6.08. The van der Waals surface area contributed by atoms with Crippen LogP contribution in [0.15, 0.2) is 66.7 Å². The van der Waals surface area contributed by atoms with Gasteiger partial charge >= 0.3 is 0 Å². The minimum Gasteiger partial charge on any atom is -0.340 e. The lowest BCUT2D eigenvalue weighted by atomic mass is 9.86. The topological polar surface area (TPSA) is 86.8 Å². The molecule has 0 bridgehead atoms. The highest BCUT2D eigenvalue weighted by Gasteiger charge is 2.52. The van der Waals surface area contributed by atoms with E-state index in [4.69, 9.17) is 0 Å². The molecule has 2 aliphatic rings. The van der Waals surface area contributed by atoms with E-state index in [1.165, 1.54) is 0 Å². The second kappa shape index (κ2) is 11.1. The maximum atomic E-state index is 13.9. The molecule has 3 amide bonds. The first kappa shape index (κ1) is 28.5. The summed E-state index contributed by atoms with van der Waals surface area (Å²) in [6.07, 6.45) is 0.977. The average Bonchev–Trinajstić information content (AvgIpc) is 3.52.